The quantitative estimate of drug-likeness (QED) is 0.848. The van der Waals surface area contributed by atoms with Gasteiger partial charge in [0.1, 0.15) is 5.01 Å². The van der Waals surface area contributed by atoms with Crippen molar-refractivity contribution in [2.24, 2.45) is 11.8 Å². The molecule has 0 radical (unpaired) electrons. The van der Waals surface area contributed by atoms with E-state index in [1.807, 2.05) is 11.6 Å². The molecule has 3 nitrogen and oxygen atoms in total. The molecule has 0 spiro atoms. The highest BCUT2D eigenvalue weighted by Gasteiger charge is 2.38. The van der Waals surface area contributed by atoms with Crippen LogP contribution in [0.4, 0.5) is 0 Å². The van der Waals surface area contributed by atoms with Gasteiger partial charge in [0.2, 0.25) is 5.91 Å². The Morgan fingerprint density at radius 3 is 2.80 bits per heavy atom. The lowest BCUT2D eigenvalue weighted by atomic mass is 10.2. The van der Waals surface area contributed by atoms with E-state index in [-0.39, 0.29) is 11.9 Å². The van der Waals surface area contributed by atoms with Gasteiger partial charge in [-0.25, -0.2) is 4.98 Å². The van der Waals surface area contributed by atoms with Gasteiger partial charge in [-0.15, -0.1) is 11.3 Å². The summed E-state index contributed by atoms with van der Waals surface area (Å²) >= 11 is 1.65. The van der Waals surface area contributed by atoms with Crippen LogP contribution in [0, 0.1) is 11.8 Å². The number of hydrogen-bond donors (Lipinski definition) is 1. The maximum atomic E-state index is 11.7. The van der Waals surface area contributed by atoms with E-state index in [4.69, 9.17) is 0 Å². The Morgan fingerprint density at radius 1 is 1.47 bits per heavy atom. The molecule has 0 unspecified atom stereocenters. The average molecular weight is 222 g/mol. The van der Waals surface area contributed by atoms with E-state index in [0.717, 1.165) is 17.8 Å². The van der Waals surface area contributed by atoms with Crippen molar-refractivity contribution in [3.05, 3.63) is 16.6 Å². The maximum Gasteiger partial charge on any atom is 0.223 e. The lowest BCUT2D eigenvalue weighted by molar-refractivity contribution is -0.123. The molecule has 3 rings (SSSR count). The van der Waals surface area contributed by atoms with Crippen molar-refractivity contribution in [1.29, 1.82) is 0 Å². The number of rotatable bonds is 4. The molecular formula is C11H14N2OS. The Balaban J connectivity index is 1.70. The molecule has 1 amide bonds. The predicted molar refractivity (Wildman–Crippen MR) is 58.4 cm³/mol. The van der Waals surface area contributed by atoms with E-state index in [1.54, 1.807) is 11.3 Å². The molecule has 0 bridgehead atoms. The molecule has 4 heteroatoms. The number of nitrogens with one attached hydrogen (secondary N) is 1. The molecule has 1 heterocycles. The zero-order valence-electron chi connectivity index (χ0n) is 8.48. The summed E-state index contributed by atoms with van der Waals surface area (Å²) in [5, 5.41) is 6.21. The van der Waals surface area contributed by atoms with Crippen molar-refractivity contribution >= 4 is 17.2 Å². The lowest BCUT2D eigenvalue weighted by Gasteiger charge is -2.15. The van der Waals surface area contributed by atoms with E-state index in [9.17, 15) is 4.79 Å². The normalized spacial score (nSPS) is 22.4. The van der Waals surface area contributed by atoms with Gasteiger partial charge in [-0.3, -0.25) is 4.79 Å². The monoisotopic (exact) mass is 222 g/mol. The molecule has 1 atom stereocenters. The van der Waals surface area contributed by atoms with Gasteiger partial charge in [-0.1, -0.05) is 0 Å². The Hall–Kier alpha value is -0.900. The summed E-state index contributed by atoms with van der Waals surface area (Å²) in [4.78, 5) is 16.0. The summed E-state index contributed by atoms with van der Waals surface area (Å²) in [7, 11) is 0. The fourth-order valence-electron chi connectivity index (χ4n) is 1.82. The lowest BCUT2D eigenvalue weighted by Crippen LogP contribution is -2.30. The molecule has 2 saturated carbocycles. The second-order valence-electron chi connectivity index (χ2n) is 4.47. The van der Waals surface area contributed by atoms with E-state index in [2.05, 4.69) is 10.3 Å². The van der Waals surface area contributed by atoms with Crippen LogP contribution in [-0.4, -0.2) is 10.9 Å². The van der Waals surface area contributed by atoms with Crippen molar-refractivity contribution in [3.63, 3.8) is 0 Å². The smallest absolute Gasteiger partial charge is 0.223 e. The van der Waals surface area contributed by atoms with Crippen molar-refractivity contribution in [2.75, 3.05) is 0 Å². The summed E-state index contributed by atoms with van der Waals surface area (Å²) in [6, 6.07) is 0.193. The number of carbonyl (C=O) groups excluding carboxylic acids is 1. The van der Waals surface area contributed by atoms with Gasteiger partial charge in [0.05, 0.1) is 6.04 Å². The fourth-order valence-corrected chi connectivity index (χ4v) is 2.60. The van der Waals surface area contributed by atoms with Gasteiger partial charge in [0.25, 0.3) is 0 Å². The topological polar surface area (TPSA) is 42.0 Å². The summed E-state index contributed by atoms with van der Waals surface area (Å²) in [6.07, 6.45) is 6.42. The molecule has 1 N–H and O–H groups in total. The highest BCUT2D eigenvalue weighted by molar-refractivity contribution is 7.09. The molecule has 0 aliphatic heterocycles. The zero-order valence-corrected chi connectivity index (χ0v) is 9.30. The van der Waals surface area contributed by atoms with E-state index in [1.165, 1.54) is 12.8 Å². The van der Waals surface area contributed by atoms with Crippen LogP contribution in [0.25, 0.3) is 0 Å². The van der Waals surface area contributed by atoms with Crippen LogP contribution in [0.15, 0.2) is 11.6 Å². The number of hydrogen-bond acceptors (Lipinski definition) is 3. The SMILES string of the molecule is O=C(N[C@H](c1nccs1)C1CC1)C1CC1. The minimum Gasteiger partial charge on any atom is -0.346 e. The van der Waals surface area contributed by atoms with E-state index < -0.39 is 0 Å². The molecule has 80 valence electrons. The molecular weight excluding hydrogens is 208 g/mol. The number of amides is 1. The van der Waals surface area contributed by atoms with Crippen molar-refractivity contribution in [1.82, 2.24) is 10.3 Å². The highest BCUT2D eigenvalue weighted by atomic mass is 32.1. The molecule has 2 fully saturated rings. The highest BCUT2D eigenvalue weighted by Crippen LogP contribution is 2.42. The number of thiazole rings is 1. The van der Waals surface area contributed by atoms with Crippen LogP contribution in [0.3, 0.4) is 0 Å². The van der Waals surface area contributed by atoms with Gasteiger partial charge in [0, 0.05) is 17.5 Å². The third-order valence-corrected chi connectivity index (χ3v) is 3.92. The molecule has 15 heavy (non-hydrogen) atoms. The standard InChI is InChI=1S/C11H14N2OS/c14-10(8-3-4-8)13-9(7-1-2-7)11-12-5-6-15-11/h5-9H,1-4H2,(H,13,14)/t9-/m0/s1. The van der Waals surface area contributed by atoms with E-state index >= 15 is 0 Å². The van der Waals surface area contributed by atoms with Crippen molar-refractivity contribution < 1.29 is 4.79 Å². The van der Waals surface area contributed by atoms with E-state index in [0.29, 0.717) is 11.8 Å². The van der Waals surface area contributed by atoms with Gasteiger partial charge < -0.3 is 5.32 Å². The Bertz CT molecular complexity index is 355. The number of carbonyl (C=O) groups is 1. The van der Waals surface area contributed by atoms with Crippen LogP contribution >= 0.6 is 11.3 Å². The average Bonchev–Trinajstić information content (AvgIpc) is 3.12. The molecule has 1 aromatic heterocycles. The summed E-state index contributed by atoms with van der Waals surface area (Å²) < 4.78 is 0. The molecule has 2 aliphatic rings. The number of nitrogens with zero attached hydrogens (tertiary/aromatic N) is 1. The van der Waals surface area contributed by atoms with Crippen LogP contribution in [-0.2, 0) is 4.79 Å². The second kappa shape index (κ2) is 3.59. The van der Waals surface area contributed by atoms with Gasteiger partial charge in [-0.05, 0) is 31.6 Å². The Morgan fingerprint density at radius 2 is 2.27 bits per heavy atom. The minimum atomic E-state index is 0.193. The molecule has 2 aliphatic carbocycles. The first kappa shape index (κ1) is 9.33. The maximum absolute atomic E-state index is 11.7. The third kappa shape index (κ3) is 2.04. The third-order valence-electron chi connectivity index (χ3n) is 3.06. The first-order chi connectivity index (χ1) is 7.34. The first-order valence-electron chi connectivity index (χ1n) is 5.54. The predicted octanol–water partition coefficient (Wildman–Crippen LogP) is 2.12. The van der Waals surface area contributed by atoms with Crippen molar-refractivity contribution in [3.8, 4) is 0 Å². The van der Waals surface area contributed by atoms with Crippen LogP contribution < -0.4 is 5.32 Å². The molecule has 0 saturated heterocycles. The summed E-state index contributed by atoms with van der Waals surface area (Å²) in [5.74, 6) is 1.17. The molecule has 0 aromatic carbocycles. The summed E-state index contributed by atoms with van der Waals surface area (Å²) in [5.41, 5.74) is 0. The number of aromatic nitrogens is 1. The van der Waals surface area contributed by atoms with Gasteiger partial charge in [-0.2, -0.15) is 0 Å². The van der Waals surface area contributed by atoms with Crippen LogP contribution in [0.5, 0.6) is 0 Å². The Labute approximate surface area is 92.9 Å². The van der Waals surface area contributed by atoms with Gasteiger partial charge >= 0.3 is 0 Å². The fraction of sp³-hybridized carbons (Fsp3) is 0.636. The summed E-state index contributed by atoms with van der Waals surface area (Å²) in [6.45, 7) is 0. The van der Waals surface area contributed by atoms with Gasteiger partial charge in [0.15, 0.2) is 0 Å². The largest absolute Gasteiger partial charge is 0.346 e. The minimum absolute atomic E-state index is 0.193. The zero-order chi connectivity index (χ0) is 10.3. The van der Waals surface area contributed by atoms with Crippen LogP contribution in [0.1, 0.15) is 36.7 Å². The van der Waals surface area contributed by atoms with Crippen molar-refractivity contribution in [2.45, 2.75) is 31.7 Å². The van der Waals surface area contributed by atoms with Crippen LogP contribution in [0.2, 0.25) is 0 Å². The Kier molecular flexibility index (Phi) is 2.24. The first-order valence-corrected chi connectivity index (χ1v) is 6.42. The molecule has 1 aromatic rings. The second-order valence-corrected chi connectivity index (χ2v) is 5.39.